The quantitative estimate of drug-likeness (QED) is 0.368. The summed E-state index contributed by atoms with van der Waals surface area (Å²) in [6, 6.07) is 10.1. The first-order chi connectivity index (χ1) is 21.9. The highest BCUT2D eigenvalue weighted by molar-refractivity contribution is 6.10. The molecule has 9 nitrogen and oxygen atoms in total. The molecule has 2 aliphatic carbocycles. The van der Waals surface area contributed by atoms with Crippen LogP contribution in [0.15, 0.2) is 60.8 Å². The predicted molar refractivity (Wildman–Crippen MR) is 159 cm³/mol. The summed E-state index contributed by atoms with van der Waals surface area (Å²) in [4.78, 5) is 51.0. The average molecular weight is 635 g/mol. The first-order valence-corrected chi connectivity index (χ1v) is 14.9. The minimum absolute atomic E-state index is 0.0129. The second kappa shape index (κ2) is 12.2. The Kier molecular flexibility index (Phi) is 8.24. The number of aromatic nitrogens is 1. The lowest BCUT2D eigenvalue weighted by atomic mass is 9.87. The number of halogens is 4. The maximum Gasteiger partial charge on any atom is 0.252 e. The van der Waals surface area contributed by atoms with Crippen LogP contribution in [0.25, 0.3) is 0 Å². The number of anilines is 2. The predicted octanol–water partition coefficient (Wildman–Crippen LogP) is 4.41. The summed E-state index contributed by atoms with van der Waals surface area (Å²) < 4.78 is 57.1. The molecule has 6 rings (SSSR count). The van der Waals surface area contributed by atoms with Crippen LogP contribution >= 0.6 is 0 Å². The van der Waals surface area contributed by atoms with Crippen molar-refractivity contribution in [2.45, 2.75) is 62.7 Å². The maximum absolute atomic E-state index is 15.0. The van der Waals surface area contributed by atoms with Gasteiger partial charge in [0.25, 0.3) is 11.8 Å². The SMILES string of the molecule is Cc1ccccc1[C@@H](C(=O)NC1CC(F)(F)C1)N(C(=O)[C@@H]1CN(C2CC2)CC(=O)N1c1cc(C#N)ccn1)c1cc(F)cc(F)c1. The molecule has 2 saturated carbocycles. The van der Waals surface area contributed by atoms with Crippen LogP contribution in [-0.2, 0) is 14.4 Å². The van der Waals surface area contributed by atoms with Crippen molar-refractivity contribution in [1.29, 1.82) is 5.26 Å². The molecule has 2 atom stereocenters. The highest BCUT2D eigenvalue weighted by Crippen LogP contribution is 2.39. The van der Waals surface area contributed by atoms with Gasteiger partial charge in [-0.15, -0.1) is 0 Å². The summed E-state index contributed by atoms with van der Waals surface area (Å²) in [5.74, 6) is -7.13. The molecule has 0 unspecified atom stereocenters. The van der Waals surface area contributed by atoms with Crippen LogP contribution in [0.5, 0.6) is 0 Å². The molecule has 2 heterocycles. The summed E-state index contributed by atoms with van der Waals surface area (Å²) in [7, 11) is 0. The summed E-state index contributed by atoms with van der Waals surface area (Å²) >= 11 is 0. The Hall–Kier alpha value is -4.83. The zero-order chi connectivity index (χ0) is 32.7. The second-order valence-corrected chi connectivity index (χ2v) is 12.0. The lowest BCUT2D eigenvalue weighted by molar-refractivity contribution is -0.134. The van der Waals surface area contributed by atoms with Crippen LogP contribution in [0.4, 0.5) is 29.1 Å². The molecular formula is C33H30F4N6O3. The molecule has 1 N–H and O–H groups in total. The topological polar surface area (TPSA) is 110 Å². The first-order valence-electron chi connectivity index (χ1n) is 14.9. The van der Waals surface area contributed by atoms with Gasteiger partial charge in [-0.1, -0.05) is 24.3 Å². The highest BCUT2D eigenvalue weighted by atomic mass is 19.3. The zero-order valence-corrected chi connectivity index (χ0v) is 24.8. The largest absolute Gasteiger partial charge is 0.351 e. The third kappa shape index (κ3) is 6.30. The van der Waals surface area contributed by atoms with Crippen LogP contribution in [0.3, 0.4) is 0 Å². The number of carbonyl (C=O) groups excluding carboxylic acids is 3. The number of nitriles is 1. The van der Waals surface area contributed by atoms with E-state index >= 15 is 0 Å². The molecule has 0 bridgehead atoms. The minimum Gasteiger partial charge on any atom is -0.351 e. The van der Waals surface area contributed by atoms with Gasteiger partial charge in [-0.2, -0.15) is 5.26 Å². The number of carbonyl (C=O) groups is 3. The molecule has 2 aromatic carbocycles. The van der Waals surface area contributed by atoms with Gasteiger partial charge >= 0.3 is 0 Å². The van der Waals surface area contributed by atoms with Crippen molar-refractivity contribution in [3.63, 3.8) is 0 Å². The first kappa shape index (κ1) is 31.2. The van der Waals surface area contributed by atoms with Gasteiger partial charge < -0.3 is 5.32 Å². The van der Waals surface area contributed by atoms with Crippen molar-refractivity contribution in [2.24, 2.45) is 0 Å². The molecule has 238 valence electrons. The van der Waals surface area contributed by atoms with E-state index in [0.717, 1.165) is 34.8 Å². The molecule has 1 saturated heterocycles. The van der Waals surface area contributed by atoms with Crippen molar-refractivity contribution in [3.05, 3.63) is 89.1 Å². The van der Waals surface area contributed by atoms with Crippen molar-refractivity contribution in [3.8, 4) is 6.07 Å². The number of aryl methyl sites for hydroxylation is 1. The number of piperazine rings is 1. The molecule has 3 fully saturated rings. The molecule has 1 aliphatic heterocycles. The number of hydrogen-bond donors (Lipinski definition) is 1. The zero-order valence-electron chi connectivity index (χ0n) is 24.8. The standard InChI is InChI=1S/C33H30F4N6O3/c1-19-4-2-3-5-26(19)30(31(45)40-23-14-33(36,37)15-23)42(25-12-21(34)11-22(35)13-25)32(46)27-17-41(24-6-7-24)18-29(44)43(27)28-10-20(16-38)8-9-39-28/h2-5,8-13,23-24,27,30H,6-7,14-15,17-18H2,1H3,(H,40,45)/t27-,30-/m0/s1. The number of amides is 3. The average Bonchev–Trinajstić information content (AvgIpc) is 3.84. The van der Waals surface area contributed by atoms with Gasteiger partial charge in [-0.05, 0) is 55.2 Å². The lowest BCUT2D eigenvalue weighted by Gasteiger charge is -2.43. The molecule has 1 aromatic heterocycles. The monoisotopic (exact) mass is 634 g/mol. The Balaban J connectivity index is 1.49. The molecular weight excluding hydrogens is 604 g/mol. The van der Waals surface area contributed by atoms with Gasteiger partial charge in [0.05, 0.1) is 23.9 Å². The van der Waals surface area contributed by atoms with E-state index in [4.69, 9.17) is 0 Å². The Morgan fingerprint density at radius 3 is 2.41 bits per heavy atom. The summed E-state index contributed by atoms with van der Waals surface area (Å²) in [6.07, 6.45) is 1.77. The van der Waals surface area contributed by atoms with Crippen LogP contribution in [0.2, 0.25) is 0 Å². The molecule has 0 radical (unpaired) electrons. The van der Waals surface area contributed by atoms with E-state index in [1.54, 1.807) is 31.2 Å². The Morgan fingerprint density at radius 2 is 1.78 bits per heavy atom. The van der Waals surface area contributed by atoms with Crippen molar-refractivity contribution >= 4 is 29.2 Å². The van der Waals surface area contributed by atoms with Gasteiger partial charge in [0.1, 0.15) is 29.5 Å². The second-order valence-electron chi connectivity index (χ2n) is 12.0. The van der Waals surface area contributed by atoms with Crippen LogP contribution in [0, 0.1) is 29.9 Å². The third-order valence-corrected chi connectivity index (χ3v) is 8.58. The minimum atomic E-state index is -2.95. The third-order valence-electron chi connectivity index (χ3n) is 8.58. The fourth-order valence-electron chi connectivity index (χ4n) is 6.18. The Bertz CT molecular complexity index is 1710. The van der Waals surface area contributed by atoms with E-state index in [-0.39, 0.29) is 36.2 Å². The number of nitrogens with zero attached hydrogens (tertiary/aromatic N) is 5. The lowest BCUT2D eigenvalue weighted by Crippen LogP contribution is -2.64. The maximum atomic E-state index is 15.0. The van der Waals surface area contributed by atoms with Crippen molar-refractivity contribution in [2.75, 3.05) is 22.9 Å². The van der Waals surface area contributed by atoms with Gasteiger partial charge in [0.15, 0.2) is 0 Å². The summed E-state index contributed by atoms with van der Waals surface area (Å²) in [6.45, 7) is 1.67. The number of pyridine rings is 1. The van der Waals surface area contributed by atoms with Crippen LogP contribution in [-0.4, -0.2) is 64.7 Å². The fraction of sp³-hybridized carbons (Fsp3) is 0.364. The van der Waals surface area contributed by atoms with Gasteiger partial charge in [-0.3, -0.25) is 29.1 Å². The summed E-state index contributed by atoms with van der Waals surface area (Å²) in [5.41, 5.74) is 0.726. The number of benzene rings is 2. The number of hydrogen-bond acceptors (Lipinski definition) is 6. The van der Waals surface area contributed by atoms with E-state index < -0.39 is 66.2 Å². The number of nitrogens with one attached hydrogen (secondary N) is 1. The smallest absolute Gasteiger partial charge is 0.252 e. The molecule has 13 heteroatoms. The number of alkyl halides is 2. The van der Waals surface area contributed by atoms with Gasteiger partial charge in [0.2, 0.25) is 11.8 Å². The van der Waals surface area contributed by atoms with E-state index in [9.17, 15) is 37.2 Å². The number of rotatable bonds is 8. The molecule has 3 aromatic rings. The van der Waals surface area contributed by atoms with Gasteiger partial charge in [0, 0.05) is 43.7 Å². The Labute approximate surface area is 262 Å². The molecule has 0 spiro atoms. The Morgan fingerprint density at radius 1 is 1.09 bits per heavy atom. The van der Waals surface area contributed by atoms with Crippen LogP contribution < -0.4 is 15.1 Å². The summed E-state index contributed by atoms with van der Waals surface area (Å²) in [5, 5.41) is 12.1. The van der Waals surface area contributed by atoms with E-state index in [2.05, 4.69) is 10.3 Å². The van der Waals surface area contributed by atoms with Crippen LogP contribution in [0.1, 0.15) is 48.4 Å². The van der Waals surface area contributed by atoms with Crippen molar-refractivity contribution in [1.82, 2.24) is 15.2 Å². The van der Waals surface area contributed by atoms with Gasteiger partial charge in [-0.25, -0.2) is 22.5 Å². The van der Waals surface area contributed by atoms with Crippen molar-refractivity contribution < 1.29 is 31.9 Å². The molecule has 46 heavy (non-hydrogen) atoms. The molecule has 3 amide bonds. The van der Waals surface area contributed by atoms with E-state index in [1.165, 1.54) is 18.3 Å². The van der Waals surface area contributed by atoms with E-state index in [1.807, 2.05) is 11.0 Å². The highest BCUT2D eigenvalue weighted by Gasteiger charge is 2.49. The van der Waals surface area contributed by atoms with E-state index in [0.29, 0.717) is 17.2 Å². The molecule has 3 aliphatic rings. The fourth-order valence-corrected chi connectivity index (χ4v) is 6.18. The normalized spacial score (nSPS) is 20.4.